The van der Waals surface area contributed by atoms with E-state index in [2.05, 4.69) is 4.72 Å². The maximum atomic E-state index is 13.2. The number of rotatable bonds is 2. The predicted octanol–water partition coefficient (Wildman–Crippen LogP) is 2.11. The normalized spacial score (nSPS) is 20.1. The Balaban J connectivity index is 1.88. The summed E-state index contributed by atoms with van der Waals surface area (Å²) in [7, 11) is -3.71. The lowest BCUT2D eigenvalue weighted by Gasteiger charge is -2.14. The molecule has 1 N–H and O–H groups in total. The highest BCUT2D eigenvalue weighted by Gasteiger charge is 2.28. The number of benzene rings is 2. The van der Waals surface area contributed by atoms with Crippen LogP contribution in [0.5, 0.6) is 5.75 Å². The SMILES string of the molecule is O=S1(=O)N[C@H](Cc2ccccc2)COc2cc(F)ccc21. The fourth-order valence-corrected chi connectivity index (χ4v) is 3.67. The van der Waals surface area contributed by atoms with Gasteiger partial charge >= 0.3 is 0 Å². The van der Waals surface area contributed by atoms with Crippen LogP contribution in [0.4, 0.5) is 4.39 Å². The quantitative estimate of drug-likeness (QED) is 0.924. The van der Waals surface area contributed by atoms with E-state index in [1.54, 1.807) is 0 Å². The molecular weight excluding hydrogens is 293 g/mol. The predicted molar refractivity (Wildman–Crippen MR) is 76.2 cm³/mol. The molecule has 0 unspecified atom stereocenters. The highest BCUT2D eigenvalue weighted by molar-refractivity contribution is 7.89. The van der Waals surface area contributed by atoms with Crippen LogP contribution < -0.4 is 9.46 Å². The molecular formula is C15H14FNO3S. The molecule has 0 fully saturated rings. The van der Waals surface area contributed by atoms with Crippen molar-refractivity contribution in [2.75, 3.05) is 6.61 Å². The summed E-state index contributed by atoms with van der Waals surface area (Å²) in [5.41, 5.74) is 1.01. The molecule has 1 aliphatic rings. The molecule has 6 heteroatoms. The van der Waals surface area contributed by atoms with Crippen LogP contribution in [0.15, 0.2) is 53.4 Å². The van der Waals surface area contributed by atoms with Gasteiger partial charge < -0.3 is 4.74 Å². The number of sulfonamides is 1. The molecule has 0 spiro atoms. The van der Waals surface area contributed by atoms with Crippen LogP contribution in [0, 0.1) is 5.82 Å². The monoisotopic (exact) mass is 307 g/mol. The van der Waals surface area contributed by atoms with Gasteiger partial charge in [-0.2, -0.15) is 0 Å². The Morgan fingerprint density at radius 3 is 2.71 bits per heavy atom. The van der Waals surface area contributed by atoms with Gasteiger partial charge in [-0.05, 0) is 24.1 Å². The third-order valence-electron chi connectivity index (χ3n) is 3.28. The topological polar surface area (TPSA) is 55.4 Å². The Kier molecular flexibility index (Phi) is 3.65. The number of hydrogen-bond acceptors (Lipinski definition) is 3. The fourth-order valence-electron chi connectivity index (χ4n) is 2.32. The summed E-state index contributed by atoms with van der Waals surface area (Å²) in [6, 6.07) is 12.6. The third-order valence-corrected chi connectivity index (χ3v) is 4.84. The first-order chi connectivity index (χ1) is 10.0. The molecule has 110 valence electrons. The summed E-state index contributed by atoms with van der Waals surface area (Å²) in [4.78, 5) is -0.0283. The number of hydrogen-bond donors (Lipinski definition) is 1. The van der Waals surface area contributed by atoms with Gasteiger partial charge in [0.2, 0.25) is 10.0 Å². The fraction of sp³-hybridized carbons (Fsp3) is 0.200. The van der Waals surface area contributed by atoms with Gasteiger partial charge in [0, 0.05) is 6.07 Å². The van der Waals surface area contributed by atoms with Crippen molar-refractivity contribution in [3.05, 3.63) is 59.9 Å². The summed E-state index contributed by atoms with van der Waals surface area (Å²) in [5, 5.41) is 0. The molecule has 0 saturated heterocycles. The first-order valence-electron chi connectivity index (χ1n) is 6.53. The Bertz CT molecular complexity index is 747. The molecule has 0 radical (unpaired) electrons. The van der Waals surface area contributed by atoms with Crippen molar-refractivity contribution in [3.63, 3.8) is 0 Å². The standard InChI is InChI=1S/C15H14FNO3S/c16-12-6-7-15-14(9-12)20-10-13(17-21(15,18)19)8-11-4-2-1-3-5-11/h1-7,9,13,17H,8,10H2/t13-/m1/s1. The summed E-state index contributed by atoms with van der Waals surface area (Å²) in [6.07, 6.45) is 0.510. The molecule has 0 aliphatic carbocycles. The van der Waals surface area contributed by atoms with Crippen molar-refractivity contribution in [3.8, 4) is 5.75 Å². The second kappa shape index (κ2) is 5.46. The number of ether oxygens (including phenoxy) is 1. The minimum Gasteiger partial charge on any atom is -0.490 e. The van der Waals surface area contributed by atoms with Crippen LogP contribution in [0.1, 0.15) is 5.56 Å². The first-order valence-corrected chi connectivity index (χ1v) is 8.01. The van der Waals surface area contributed by atoms with Gasteiger partial charge in [0.15, 0.2) is 0 Å². The number of fused-ring (bicyclic) bond motifs is 1. The van der Waals surface area contributed by atoms with E-state index in [1.165, 1.54) is 6.07 Å². The Hall–Kier alpha value is -1.92. The minimum atomic E-state index is -3.71. The molecule has 21 heavy (non-hydrogen) atoms. The van der Waals surface area contributed by atoms with Gasteiger partial charge in [0.05, 0.1) is 6.04 Å². The van der Waals surface area contributed by atoms with Crippen LogP contribution in [0.2, 0.25) is 0 Å². The molecule has 2 aromatic carbocycles. The lowest BCUT2D eigenvalue weighted by atomic mass is 10.1. The van der Waals surface area contributed by atoms with Crippen molar-refractivity contribution in [1.29, 1.82) is 0 Å². The van der Waals surface area contributed by atoms with Crippen LogP contribution >= 0.6 is 0 Å². The second-order valence-corrected chi connectivity index (χ2v) is 6.59. The van der Waals surface area contributed by atoms with Gasteiger partial charge in [-0.1, -0.05) is 30.3 Å². The van der Waals surface area contributed by atoms with E-state index in [9.17, 15) is 12.8 Å². The Morgan fingerprint density at radius 1 is 1.19 bits per heavy atom. The minimum absolute atomic E-state index is 0.0283. The summed E-state index contributed by atoms with van der Waals surface area (Å²) in [5.74, 6) is -0.469. The van der Waals surface area contributed by atoms with Gasteiger partial charge in [0.1, 0.15) is 23.1 Å². The number of halogens is 1. The van der Waals surface area contributed by atoms with E-state index in [1.807, 2.05) is 30.3 Å². The molecule has 1 aliphatic heterocycles. The van der Waals surface area contributed by atoms with Crippen LogP contribution in [0.25, 0.3) is 0 Å². The zero-order chi connectivity index (χ0) is 14.9. The Labute approximate surface area is 122 Å². The zero-order valence-corrected chi connectivity index (χ0v) is 11.9. The van der Waals surface area contributed by atoms with Crippen LogP contribution in [0.3, 0.4) is 0 Å². The molecule has 3 rings (SSSR count). The lowest BCUT2D eigenvalue weighted by Crippen LogP contribution is -2.38. The summed E-state index contributed by atoms with van der Waals surface area (Å²) >= 11 is 0. The molecule has 0 bridgehead atoms. The third kappa shape index (κ3) is 3.06. The van der Waals surface area contributed by atoms with E-state index in [-0.39, 0.29) is 17.3 Å². The van der Waals surface area contributed by atoms with Crippen LogP contribution in [-0.2, 0) is 16.4 Å². The van der Waals surface area contributed by atoms with E-state index in [4.69, 9.17) is 4.74 Å². The molecule has 4 nitrogen and oxygen atoms in total. The molecule has 0 saturated carbocycles. The molecule has 1 atom stereocenters. The largest absolute Gasteiger partial charge is 0.490 e. The maximum Gasteiger partial charge on any atom is 0.244 e. The number of nitrogens with one attached hydrogen (secondary N) is 1. The Morgan fingerprint density at radius 2 is 1.95 bits per heavy atom. The molecule has 2 aromatic rings. The van der Waals surface area contributed by atoms with Gasteiger partial charge in [-0.3, -0.25) is 0 Å². The van der Waals surface area contributed by atoms with E-state index in [0.29, 0.717) is 6.42 Å². The highest BCUT2D eigenvalue weighted by Crippen LogP contribution is 2.27. The van der Waals surface area contributed by atoms with E-state index in [0.717, 1.165) is 17.7 Å². The van der Waals surface area contributed by atoms with Gasteiger partial charge in [-0.15, -0.1) is 0 Å². The van der Waals surface area contributed by atoms with E-state index >= 15 is 0 Å². The second-order valence-electron chi connectivity index (χ2n) is 4.91. The summed E-state index contributed by atoms with van der Waals surface area (Å²) < 4.78 is 45.9. The van der Waals surface area contributed by atoms with Crippen molar-refractivity contribution >= 4 is 10.0 Å². The summed E-state index contributed by atoms with van der Waals surface area (Å²) in [6.45, 7) is 0.157. The van der Waals surface area contributed by atoms with Gasteiger partial charge in [0.25, 0.3) is 0 Å². The average Bonchev–Trinajstić information content (AvgIpc) is 2.56. The maximum absolute atomic E-state index is 13.2. The molecule has 1 heterocycles. The van der Waals surface area contributed by atoms with E-state index < -0.39 is 21.9 Å². The first kappa shape index (κ1) is 14.0. The zero-order valence-electron chi connectivity index (χ0n) is 11.1. The molecule has 0 aromatic heterocycles. The van der Waals surface area contributed by atoms with Crippen molar-refractivity contribution in [2.24, 2.45) is 0 Å². The van der Waals surface area contributed by atoms with Crippen molar-refractivity contribution < 1.29 is 17.5 Å². The smallest absolute Gasteiger partial charge is 0.244 e. The lowest BCUT2D eigenvalue weighted by molar-refractivity contribution is 0.278. The average molecular weight is 307 g/mol. The highest BCUT2D eigenvalue weighted by atomic mass is 32.2. The van der Waals surface area contributed by atoms with Crippen molar-refractivity contribution in [2.45, 2.75) is 17.4 Å². The van der Waals surface area contributed by atoms with Gasteiger partial charge in [-0.25, -0.2) is 17.5 Å². The van der Waals surface area contributed by atoms with Crippen molar-refractivity contribution in [1.82, 2.24) is 4.72 Å². The molecule has 0 amide bonds. The van der Waals surface area contributed by atoms with Crippen LogP contribution in [-0.4, -0.2) is 21.1 Å².